The third-order valence-electron chi connectivity index (χ3n) is 13.3. The largest absolute Gasteiger partial charge is 0.477 e. The van der Waals surface area contributed by atoms with Gasteiger partial charge in [-0.25, -0.2) is 4.79 Å². The van der Waals surface area contributed by atoms with Crippen LogP contribution in [-0.4, -0.2) is 80.6 Å². The number of hydrogen-bond donors (Lipinski definition) is 1. The SMILES string of the molecule is CC/C=C/C/C=C/C/C=C/CCCCCCCCCCCCCCCC(=O)OCC(COCCC(C(=O)O)[N+](C)(C)C)OC(=O)CCCCCCCCCCCCCCCCCCCCCCC. The summed E-state index contributed by atoms with van der Waals surface area (Å²) < 4.78 is 17.4. The number of carbonyl (C=O) groups excluding carboxylic acids is 2. The maximum atomic E-state index is 12.8. The lowest BCUT2D eigenvalue weighted by molar-refractivity contribution is -0.887. The summed E-state index contributed by atoms with van der Waals surface area (Å²) in [6, 6.07) is -0.613. The van der Waals surface area contributed by atoms with E-state index >= 15 is 0 Å². The van der Waals surface area contributed by atoms with Gasteiger partial charge in [-0.1, -0.05) is 249 Å². The predicted molar refractivity (Wildman–Crippen MR) is 289 cm³/mol. The fraction of sp³-hybridized carbons (Fsp3) is 0.850. The van der Waals surface area contributed by atoms with Crippen LogP contribution in [0.4, 0.5) is 0 Å². The smallest absolute Gasteiger partial charge is 0.362 e. The Balaban J connectivity index is 4.12. The third kappa shape index (κ3) is 48.6. The fourth-order valence-corrected chi connectivity index (χ4v) is 8.87. The van der Waals surface area contributed by atoms with Gasteiger partial charge in [-0.2, -0.15) is 0 Å². The minimum atomic E-state index is -0.871. The molecule has 0 aromatic carbocycles. The molecule has 2 unspecified atom stereocenters. The van der Waals surface area contributed by atoms with Crippen molar-refractivity contribution < 1.29 is 38.2 Å². The number of hydrogen-bond acceptors (Lipinski definition) is 6. The lowest BCUT2D eigenvalue weighted by Gasteiger charge is -2.31. The monoisotopic (exact) mass is 959 g/mol. The van der Waals surface area contributed by atoms with Crippen molar-refractivity contribution >= 4 is 17.9 Å². The number of carboxylic acids is 1. The zero-order chi connectivity index (χ0) is 49.9. The molecular weight excluding hydrogens is 847 g/mol. The zero-order valence-electron chi connectivity index (χ0n) is 45.6. The molecular formula is C60H112NO7+. The lowest BCUT2D eigenvalue weighted by atomic mass is 10.0. The predicted octanol–water partition coefficient (Wildman–Crippen LogP) is 17.3. The van der Waals surface area contributed by atoms with Crippen molar-refractivity contribution in [3.8, 4) is 0 Å². The number of nitrogens with zero attached hydrogens (tertiary/aromatic N) is 1. The summed E-state index contributed by atoms with van der Waals surface area (Å²) in [5.41, 5.74) is 0. The van der Waals surface area contributed by atoms with E-state index in [1.807, 2.05) is 21.1 Å². The number of allylic oxidation sites excluding steroid dienone is 6. The minimum Gasteiger partial charge on any atom is -0.477 e. The Morgan fingerprint density at radius 3 is 1.22 bits per heavy atom. The minimum absolute atomic E-state index is 0.0469. The molecule has 0 aromatic rings. The van der Waals surface area contributed by atoms with E-state index in [0.29, 0.717) is 19.3 Å². The van der Waals surface area contributed by atoms with Crippen LogP contribution in [0.15, 0.2) is 36.5 Å². The van der Waals surface area contributed by atoms with Crippen molar-refractivity contribution in [1.82, 2.24) is 0 Å². The molecule has 0 saturated carbocycles. The van der Waals surface area contributed by atoms with Crippen molar-refractivity contribution in [3.63, 3.8) is 0 Å². The summed E-state index contributed by atoms with van der Waals surface area (Å²) in [5.74, 6) is -1.45. The Bertz CT molecular complexity index is 1210. The molecule has 0 spiro atoms. The number of quaternary nitrogens is 1. The maximum absolute atomic E-state index is 12.8. The zero-order valence-corrected chi connectivity index (χ0v) is 45.6. The molecule has 0 saturated heterocycles. The van der Waals surface area contributed by atoms with Gasteiger partial charge in [0, 0.05) is 19.3 Å². The second-order valence-electron chi connectivity index (χ2n) is 20.9. The van der Waals surface area contributed by atoms with Gasteiger partial charge >= 0.3 is 17.9 Å². The van der Waals surface area contributed by atoms with Crippen LogP contribution in [0.1, 0.15) is 277 Å². The van der Waals surface area contributed by atoms with Crippen LogP contribution in [0, 0.1) is 0 Å². The van der Waals surface area contributed by atoms with E-state index in [1.165, 1.54) is 186 Å². The quantitative estimate of drug-likeness (QED) is 0.0281. The van der Waals surface area contributed by atoms with Crippen molar-refractivity contribution in [2.24, 2.45) is 0 Å². The highest BCUT2D eigenvalue weighted by Gasteiger charge is 2.31. The van der Waals surface area contributed by atoms with E-state index in [1.54, 1.807) is 0 Å². The molecule has 0 aromatic heterocycles. The van der Waals surface area contributed by atoms with Crippen LogP contribution in [0.25, 0.3) is 0 Å². The van der Waals surface area contributed by atoms with Crippen LogP contribution in [0.5, 0.6) is 0 Å². The Kier molecular flexibility index (Phi) is 49.1. The van der Waals surface area contributed by atoms with E-state index in [2.05, 4.69) is 50.3 Å². The summed E-state index contributed by atoms with van der Waals surface area (Å²) >= 11 is 0. The van der Waals surface area contributed by atoms with Crippen LogP contribution in [-0.2, 0) is 28.6 Å². The molecule has 68 heavy (non-hydrogen) atoms. The van der Waals surface area contributed by atoms with Gasteiger partial charge in [0.25, 0.3) is 0 Å². The van der Waals surface area contributed by atoms with Crippen LogP contribution < -0.4 is 0 Å². The van der Waals surface area contributed by atoms with Gasteiger partial charge in [0.1, 0.15) is 6.61 Å². The van der Waals surface area contributed by atoms with Crippen molar-refractivity contribution in [3.05, 3.63) is 36.5 Å². The summed E-state index contributed by atoms with van der Waals surface area (Å²) in [6.45, 7) is 4.68. The molecule has 8 nitrogen and oxygen atoms in total. The number of aliphatic carboxylic acids is 1. The Morgan fingerprint density at radius 1 is 0.456 bits per heavy atom. The fourth-order valence-electron chi connectivity index (χ4n) is 8.87. The number of esters is 2. The van der Waals surface area contributed by atoms with Crippen LogP contribution >= 0.6 is 0 Å². The van der Waals surface area contributed by atoms with E-state index < -0.39 is 18.1 Å². The first kappa shape index (κ1) is 65.5. The molecule has 0 fully saturated rings. The van der Waals surface area contributed by atoms with Crippen molar-refractivity contribution in [2.45, 2.75) is 289 Å². The molecule has 1 N–H and O–H groups in total. The van der Waals surface area contributed by atoms with Gasteiger partial charge in [-0.3, -0.25) is 9.59 Å². The number of likely N-dealkylation sites (N-methyl/N-ethyl adjacent to an activating group) is 1. The van der Waals surface area contributed by atoms with Gasteiger partial charge in [0.05, 0.1) is 34.4 Å². The topological polar surface area (TPSA) is 99.1 Å². The Morgan fingerprint density at radius 2 is 0.824 bits per heavy atom. The number of carbonyl (C=O) groups is 3. The van der Waals surface area contributed by atoms with Gasteiger partial charge in [-0.05, 0) is 44.9 Å². The molecule has 0 bridgehead atoms. The maximum Gasteiger partial charge on any atom is 0.362 e. The van der Waals surface area contributed by atoms with Crippen molar-refractivity contribution in [2.75, 3.05) is 41.0 Å². The van der Waals surface area contributed by atoms with Crippen molar-refractivity contribution in [1.29, 1.82) is 0 Å². The van der Waals surface area contributed by atoms with Crippen LogP contribution in [0.3, 0.4) is 0 Å². The molecule has 0 aliphatic heterocycles. The Labute approximate surface area is 421 Å². The number of rotatable bonds is 53. The second-order valence-corrected chi connectivity index (χ2v) is 20.9. The van der Waals surface area contributed by atoms with Gasteiger partial charge in [0.2, 0.25) is 0 Å². The molecule has 398 valence electrons. The first-order chi connectivity index (χ1) is 33.1. The first-order valence-electron chi connectivity index (χ1n) is 29.0. The molecule has 0 aliphatic rings. The normalized spacial score (nSPS) is 13.0. The molecule has 2 atom stereocenters. The highest BCUT2D eigenvalue weighted by Crippen LogP contribution is 2.17. The van der Waals surface area contributed by atoms with Gasteiger partial charge in [-0.15, -0.1) is 0 Å². The second kappa shape index (κ2) is 50.9. The molecule has 0 aliphatic carbocycles. The number of ether oxygens (including phenoxy) is 3. The highest BCUT2D eigenvalue weighted by molar-refractivity contribution is 5.72. The van der Waals surface area contributed by atoms with E-state index in [0.717, 1.165) is 57.8 Å². The van der Waals surface area contributed by atoms with Gasteiger partial charge in [0.15, 0.2) is 12.1 Å². The molecule has 0 amide bonds. The molecule has 0 rings (SSSR count). The number of carboxylic acid groups (broad SMARTS) is 1. The summed E-state index contributed by atoms with van der Waals surface area (Å²) in [7, 11) is 5.55. The first-order valence-corrected chi connectivity index (χ1v) is 29.0. The van der Waals surface area contributed by atoms with E-state index in [9.17, 15) is 19.5 Å². The summed E-state index contributed by atoms with van der Waals surface area (Å²) in [5, 5.41) is 9.68. The molecule has 8 heteroatoms. The molecule has 0 heterocycles. The van der Waals surface area contributed by atoms with Crippen LogP contribution in [0.2, 0.25) is 0 Å². The molecule has 0 radical (unpaired) electrons. The highest BCUT2D eigenvalue weighted by atomic mass is 16.6. The lowest BCUT2D eigenvalue weighted by Crippen LogP contribution is -2.50. The van der Waals surface area contributed by atoms with E-state index in [4.69, 9.17) is 14.2 Å². The average molecular weight is 960 g/mol. The standard InChI is InChI=1S/C60H111NO7/c1-6-8-10-12-14-16-18-20-22-24-26-28-29-31-32-34-36-38-40-42-44-46-48-50-58(62)67-55-56(54-66-53-52-57(60(64)65)61(3,4)5)68-59(63)51-49-47-45-43-41-39-37-35-33-30-27-25-23-21-19-17-15-13-11-9-7-2/h8,10,14,16,20,22,56-57H,6-7,9,11-13,15,17-19,21,23-55H2,1-5H3/p+1/b10-8+,16-14+,22-20+. The third-order valence-corrected chi connectivity index (χ3v) is 13.3. The average Bonchev–Trinajstić information content (AvgIpc) is 3.30. The van der Waals surface area contributed by atoms with Gasteiger partial charge < -0.3 is 23.8 Å². The summed E-state index contributed by atoms with van der Waals surface area (Å²) in [4.78, 5) is 37.3. The van der Waals surface area contributed by atoms with E-state index in [-0.39, 0.29) is 36.2 Å². The Hall–Kier alpha value is -2.45. The number of unbranched alkanes of at least 4 members (excludes halogenated alkanes) is 33. The summed E-state index contributed by atoms with van der Waals surface area (Å²) in [6.07, 6.45) is 62.1.